The third-order valence-corrected chi connectivity index (χ3v) is 3.57. The van der Waals surface area contributed by atoms with E-state index in [2.05, 4.69) is 31.0 Å². The number of thioether (sulfide) groups is 1. The molecule has 0 radical (unpaired) electrons. The smallest absolute Gasteiger partial charge is 0.226 e. The molecule has 0 N–H and O–H groups in total. The standard InChI is InChI=1S/C12H20N2OS/c1-12(2,3)6-7-16-8-10-13-14-11(15-10)9-4-5-9/h9H,4-8H2,1-3H3. The summed E-state index contributed by atoms with van der Waals surface area (Å²) in [5.41, 5.74) is 0.418. The van der Waals surface area contributed by atoms with Gasteiger partial charge in [0.1, 0.15) is 0 Å². The fourth-order valence-electron chi connectivity index (χ4n) is 1.36. The summed E-state index contributed by atoms with van der Waals surface area (Å²) in [7, 11) is 0. The lowest BCUT2D eigenvalue weighted by Crippen LogP contribution is -2.05. The van der Waals surface area contributed by atoms with Gasteiger partial charge in [0, 0.05) is 5.92 Å². The first kappa shape index (κ1) is 12.0. The second-order valence-electron chi connectivity index (χ2n) is 5.67. The van der Waals surface area contributed by atoms with Crippen LogP contribution in [-0.2, 0) is 5.75 Å². The molecule has 1 aliphatic carbocycles. The second-order valence-corrected chi connectivity index (χ2v) is 6.78. The van der Waals surface area contributed by atoms with Gasteiger partial charge in [-0.05, 0) is 30.4 Å². The summed E-state index contributed by atoms with van der Waals surface area (Å²) in [5.74, 6) is 4.23. The van der Waals surface area contributed by atoms with Crippen LogP contribution in [0.25, 0.3) is 0 Å². The molecule has 0 aliphatic heterocycles. The van der Waals surface area contributed by atoms with Gasteiger partial charge < -0.3 is 4.42 Å². The van der Waals surface area contributed by atoms with E-state index in [-0.39, 0.29) is 0 Å². The van der Waals surface area contributed by atoms with Crippen LogP contribution in [0.1, 0.15) is 57.7 Å². The maximum absolute atomic E-state index is 5.60. The van der Waals surface area contributed by atoms with E-state index in [1.54, 1.807) is 0 Å². The summed E-state index contributed by atoms with van der Waals surface area (Å²) < 4.78 is 5.60. The highest BCUT2D eigenvalue weighted by molar-refractivity contribution is 7.98. The quantitative estimate of drug-likeness (QED) is 0.737. The van der Waals surface area contributed by atoms with Crippen LogP contribution in [0.2, 0.25) is 0 Å². The van der Waals surface area contributed by atoms with Crippen LogP contribution < -0.4 is 0 Å². The largest absolute Gasteiger partial charge is 0.424 e. The number of aromatic nitrogens is 2. The molecule has 1 fully saturated rings. The van der Waals surface area contributed by atoms with Crippen LogP contribution >= 0.6 is 11.8 Å². The Bertz CT molecular complexity index is 339. The summed E-state index contributed by atoms with van der Waals surface area (Å²) in [6.07, 6.45) is 3.67. The second kappa shape index (κ2) is 4.78. The molecule has 0 atom stereocenters. The molecule has 1 saturated carbocycles. The predicted molar refractivity (Wildman–Crippen MR) is 66.5 cm³/mol. The van der Waals surface area contributed by atoms with Gasteiger partial charge in [-0.1, -0.05) is 20.8 Å². The van der Waals surface area contributed by atoms with Crippen molar-refractivity contribution in [1.29, 1.82) is 0 Å². The molecular formula is C12H20N2OS. The van der Waals surface area contributed by atoms with Crippen molar-refractivity contribution in [1.82, 2.24) is 10.2 Å². The molecule has 0 saturated heterocycles. The zero-order chi connectivity index (χ0) is 11.6. The molecule has 0 aromatic carbocycles. The molecule has 1 aromatic heterocycles. The van der Waals surface area contributed by atoms with Crippen LogP contribution in [0.3, 0.4) is 0 Å². The van der Waals surface area contributed by atoms with Gasteiger partial charge in [0.05, 0.1) is 5.75 Å². The third kappa shape index (κ3) is 3.81. The minimum absolute atomic E-state index is 0.418. The normalized spacial score (nSPS) is 16.7. The van der Waals surface area contributed by atoms with E-state index in [4.69, 9.17) is 4.42 Å². The average Bonchev–Trinajstić information content (AvgIpc) is 2.93. The lowest BCUT2D eigenvalue weighted by molar-refractivity contribution is 0.401. The van der Waals surface area contributed by atoms with Crippen molar-refractivity contribution >= 4 is 11.8 Å². The highest BCUT2D eigenvalue weighted by Gasteiger charge is 2.29. The minimum atomic E-state index is 0.418. The fourth-order valence-corrected chi connectivity index (χ4v) is 2.55. The summed E-state index contributed by atoms with van der Waals surface area (Å²) in [4.78, 5) is 0. The summed E-state index contributed by atoms with van der Waals surface area (Å²) in [6, 6.07) is 0. The van der Waals surface area contributed by atoms with Crippen molar-refractivity contribution in [3.8, 4) is 0 Å². The first-order valence-electron chi connectivity index (χ1n) is 5.95. The molecule has 1 aliphatic rings. The van der Waals surface area contributed by atoms with E-state index in [1.807, 2.05) is 11.8 Å². The van der Waals surface area contributed by atoms with E-state index < -0.39 is 0 Å². The highest BCUT2D eigenvalue weighted by Crippen LogP contribution is 2.39. The zero-order valence-corrected chi connectivity index (χ0v) is 11.1. The maximum Gasteiger partial charge on any atom is 0.226 e. The maximum atomic E-state index is 5.60. The molecule has 90 valence electrons. The number of rotatable bonds is 5. The summed E-state index contributed by atoms with van der Waals surface area (Å²) >= 11 is 1.88. The number of hydrogen-bond donors (Lipinski definition) is 0. The van der Waals surface area contributed by atoms with Gasteiger partial charge in [-0.2, -0.15) is 11.8 Å². The van der Waals surface area contributed by atoms with E-state index in [9.17, 15) is 0 Å². The SMILES string of the molecule is CC(C)(C)CCSCc1nnc(C2CC2)o1. The topological polar surface area (TPSA) is 38.9 Å². The van der Waals surface area contributed by atoms with Gasteiger partial charge in [0.2, 0.25) is 11.8 Å². The Morgan fingerprint density at radius 3 is 2.69 bits per heavy atom. The molecule has 0 spiro atoms. The van der Waals surface area contributed by atoms with Crippen LogP contribution in [0.4, 0.5) is 0 Å². The minimum Gasteiger partial charge on any atom is -0.424 e. The number of nitrogens with zero attached hydrogens (tertiary/aromatic N) is 2. The van der Waals surface area contributed by atoms with Crippen LogP contribution in [0.15, 0.2) is 4.42 Å². The van der Waals surface area contributed by atoms with Crippen molar-refractivity contribution in [3.05, 3.63) is 11.8 Å². The molecule has 0 unspecified atom stereocenters. The summed E-state index contributed by atoms with van der Waals surface area (Å²) in [5, 5.41) is 8.15. The fraction of sp³-hybridized carbons (Fsp3) is 0.833. The Morgan fingerprint density at radius 2 is 2.06 bits per heavy atom. The molecule has 1 aromatic rings. The highest BCUT2D eigenvalue weighted by atomic mass is 32.2. The molecule has 0 bridgehead atoms. The predicted octanol–water partition coefficient (Wildman–Crippen LogP) is 3.62. The zero-order valence-electron chi connectivity index (χ0n) is 10.3. The third-order valence-electron chi connectivity index (χ3n) is 2.63. The Morgan fingerprint density at radius 1 is 1.31 bits per heavy atom. The Labute approximate surface area is 101 Å². The van der Waals surface area contributed by atoms with Gasteiger partial charge >= 0.3 is 0 Å². The lowest BCUT2D eigenvalue weighted by atomic mass is 9.94. The molecule has 0 amide bonds. The summed E-state index contributed by atoms with van der Waals surface area (Å²) in [6.45, 7) is 6.81. The van der Waals surface area contributed by atoms with Gasteiger partial charge in [-0.3, -0.25) is 0 Å². The van der Waals surface area contributed by atoms with Gasteiger partial charge in [-0.15, -0.1) is 10.2 Å². The van der Waals surface area contributed by atoms with Crippen LogP contribution in [-0.4, -0.2) is 16.0 Å². The van der Waals surface area contributed by atoms with E-state index >= 15 is 0 Å². The van der Waals surface area contributed by atoms with Crippen molar-refractivity contribution in [2.45, 2.75) is 51.7 Å². The van der Waals surface area contributed by atoms with Crippen molar-refractivity contribution in [2.24, 2.45) is 5.41 Å². The van der Waals surface area contributed by atoms with Crippen LogP contribution in [0, 0.1) is 5.41 Å². The van der Waals surface area contributed by atoms with E-state index in [0.717, 1.165) is 23.3 Å². The average molecular weight is 240 g/mol. The molecule has 1 heterocycles. The molecule has 3 nitrogen and oxygen atoms in total. The van der Waals surface area contributed by atoms with Crippen molar-refractivity contribution in [3.63, 3.8) is 0 Å². The molecular weight excluding hydrogens is 220 g/mol. The Kier molecular flexibility index (Phi) is 3.57. The van der Waals surface area contributed by atoms with Crippen molar-refractivity contribution < 1.29 is 4.42 Å². The molecule has 2 rings (SSSR count). The van der Waals surface area contributed by atoms with E-state index in [1.165, 1.54) is 19.3 Å². The lowest BCUT2D eigenvalue weighted by Gasteiger charge is -2.16. The number of hydrogen-bond acceptors (Lipinski definition) is 4. The molecule has 4 heteroatoms. The van der Waals surface area contributed by atoms with Gasteiger partial charge in [-0.25, -0.2) is 0 Å². The first-order chi connectivity index (χ1) is 7.54. The van der Waals surface area contributed by atoms with Crippen LogP contribution in [0.5, 0.6) is 0 Å². The monoisotopic (exact) mass is 240 g/mol. The van der Waals surface area contributed by atoms with Crippen molar-refractivity contribution in [2.75, 3.05) is 5.75 Å². The Balaban J connectivity index is 1.68. The first-order valence-corrected chi connectivity index (χ1v) is 7.10. The van der Waals surface area contributed by atoms with Gasteiger partial charge in [0.15, 0.2) is 0 Å². The molecule has 16 heavy (non-hydrogen) atoms. The van der Waals surface area contributed by atoms with E-state index in [0.29, 0.717) is 11.3 Å². The van der Waals surface area contributed by atoms with Gasteiger partial charge in [0.25, 0.3) is 0 Å². The Hall–Kier alpha value is -0.510.